The van der Waals surface area contributed by atoms with E-state index >= 15 is 0 Å². The molecule has 7 atom stereocenters. The third kappa shape index (κ3) is 7.34. The first-order valence-electron chi connectivity index (χ1n) is 13.8. The summed E-state index contributed by atoms with van der Waals surface area (Å²) in [5.74, 6) is -2.05. The lowest BCUT2D eigenvalue weighted by Crippen LogP contribution is -2.54. The number of aryl methyl sites for hydroxylation is 1. The molecule has 9 nitrogen and oxygen atoms in total. The molecule has 2 saturated heterocycles. The van der Waals surface area contributed by atoms with Gasteiger partial charge in [-0.1, -0.05) is 34.1 Å². The molecular formula is C29H45N3O6S. The Balaban J connectivity index is 2.01. The van der Waals surface area contributed by atoms with E-state index in [1.165, 1.54) is 23.3 Å². The van der Waals surface area contributed by atoms with Crippen molar-refractivity contribution in [3.8, 4) is 0 Å². The van der Waals surface area contributed by atoms with Crippen LogP contribution in [0.25, 0.3) is 6.08 Å². The lowest BCUT2D eigenvalue weighted by atomic mass is 9.72. The summed E-state index contributed by atoms with van der Waals surface area (Å²) < 4.78 is 6.15. The van der Waals surface area contributed by atoms with Gasteiger partial charge < -0.3 is 14.9 Å². The van der Waals surface area contributed by atoms with Gasteiger partial charge >= 0.3 is 0 Å². The van der Waals surface area contributed by atoms with Crippen LogP contribution < -0.4 is 5.43 Å². The monoisotopic (exact) mass is 563 g/mol. The standard InChI is InChI=1S/C29H45N3O6S/c1-16-10-9-11-29(8)24(38-29)13-22(17(2)12-21-15-39-20(5)30-21)32(31-19(4)33)25(35)14-23(34)28(6,7)27(37)18(3)26(16)36/h12,15-16,18,22-24,26,34,36H,9-11,13-14H2,1-8H3,(H,31,33)/b17-12+/t16-,18+,22-,23-,24-,26-,29+/m0/s1. The molecule has 2 amide bonds. The smallest absolute Gasteiger partial charge is 0.244 e. The Labute approximate surface area is 236 Å². The van der Waals surface area contributed by atoms with Crippen molar-refractivity contribution in [3.05, 3.63) is 21.7 Å². The van der Waals surface area contributed by atoms with Gasteiger partial charge in [-0.15, -0.1) is 11.3 Å². The highest BCUT2D eigenvalue weighted by Gasteiger charge is 2.53. The Morgan fingerprint density at radius 1 is 1.23 bits per heavy atom. The summed E-state index contributed by atoms with van der Waals surface area (Å²) in [7, 11) is 0. The molecule has 218 valence electrons. The molecule has 1 aromatic rings. The Morgan fingerprint density at radius 2 is 1.90 bits per heavy atom. The van der Waals surface area contributed by atoms with Crippen molar-refractivity contribution < 1.29 is 29.3 Å². The van der Waals surface area contributed by atoms with E-state index in [1.54, 1.807) is 20.8 Å². The average molecular weight is 564 g/mol. The summed E-state index contributed by atoms with van der Waals surface area (Å²) >= 11 is 1.53. The summed E-state index contributed by atoms with van der Waals surface area (Å²) in [5, 5.41) is 26.2. The fourth-order valence-corrected chi connectivity index (χ4v) is 6.20. The van der Waals surface area contributed by atoms with Crippen molar-refractivity contribution in [1.82, 2.24) is 15.4 Å². The van der Waals surface area contributed by atoms with Gasteiger partial charge in [-0.25, -0.2) is 9.99 Å². The van der Waals surface area contributed by atoms with E-state index in [9.17, 15) is 24.6 Å². The van der Waals surface area contributed by atoms with Gasteiger partial charge in [-0.2, -0.15) is 0 Å². The Morgan fingerprint density at radius 3 is 2.49 bits per heavy atom. The summed E-state index contributed by atoms with van der Waals surface area (Å²) in [5.41, 5.74) is 2.60. The molecule has 3 heterocycles. The normalized spacial score (nSPS) is 34.9. The van der Waals surface area contributed by atoms with Crippen LogP contribution in [-0.4, -0.2) is 67.8 Å². The van der Waals surface area contributed by atoms with Crippen molar-refractivity contribution in [1.29, 1.82) is 0 Å². The molecule has 0 saturated carbocycles. The number of ketones is 1. The molecule has 3 rings (SSSR count). The van der Waals surface area contributed by atoms with Crippen LogP contribution in [0.1, 0.15) is 91.3 Å². The van der Waals surface area contributed by atoms with Gasteiger partial charge in [0, 0.05) is 24.6 Å². The molecule has 0 bridgehead atoms. The van der Waals surface area contributed by atoms with Crippen LogP contribution in [0.15, 0.2) is 11.0 Å². The maximum atomic E-state index is 13.7. The quantitative estimate of drug-likeness (QED) is 0.477. The number of carbonyl (C=O) groups is 3. The number of nitrogens with zero attached hydrogens (tertiary/aromatic N) is 2. The minimum atomic E-state index is -1.32. The second-order valence-electron chi connectivity index (χ2n) is 12.2. The number of nitrogens with one attached hydrogen (secondary N) is 1. The predicted molar refractivity (Wildman–Crippen MR) is 150 cm³/mol. The number of amides is 2. The van der Waals surface area contributed by atoms with Crippen molar-refractivity contribution in [2.45, 2.75) is 117 Å². The molecule has 0 radical (unpaired) electrons. The molecule has 0 aromatic carbocycles. The van der Waals surface area contributed by atoms with Crippen LogP contribution in [0.2, 0.25) is 0 Å². The first-order valence-corrected chi connectivity index (χ1v) is 14.7. The van der Waals surface area contributed by atoms with Gasteiger partial charge in [0.25, 0.3) is 0 Å². The van der Waals surface area contributed by atoms with E-state index in [0.29, 0.717) is 6.42 Å². The molecule has 2 fully saturated rings. The van der Waals surface area contributed by atoms with Crippen molar-refractivity contribution in [2.75, 3.05) is 0 Å². The number of hydrogen-bond acceptors (Lipinski definition) is 8. The fraction of sp³-hybridized carbons (Fsp3) is 0.724. The van der Waals surface area contributed by atoms with E-state index in [1.807, 2.05) is 39.2 Å². The number of fused-ring (bicyclic) bond motifs is 1. The number of carbonyl (C=O) groups excluding carboxylic acids is 3. The third-order valence-electron chi connectivity index (χ3n) is 8.55. The Kier molecular flexibility index (Phi) is 9.79. The topological polar surface area (TPSA) is 132 Å². The Hall–Kier alpha value is -2.14. The summed E-state index contributed by atoms with van der Waals surface area (Å²) in [4.78, 5) is 43.9. The summed E-state index contributed by atoms with van der Waals surface area (Å²) in [6, 6.07) is -0.547. The van der Waals surface area contributed by atoms with Crippen molar-refractivity contribution in [2.24, 2.45) is 17.3 Å². The van der Waals surface area contributed by atoms with Gasteiger partial charge in [0.2, 0.25) is 11.8 Å². The first-order chi connectivity index (χ1) is 18.1. The number of aliphatic hydroxyl groups excluding tert-OH is 2. The zero-order chi connectivity index (χ0) is 29.3. The Bertz CT molecular complexity index is 1100. The minimum Gasteiger partial charge on any atom is -0.392 e. The highest BCUT2D eigenvalue weighted by molar-refractivity contribution is 7.09. The summed E-state index contributed by atoms with van der Waals surface area (Å²) in [6.07, 6.45) is 1.97. The number of ether oxygens (including phenoxy) is 1. The number of aromatic nitrogens is 1. The molecule has 0 spiro atoms. The van der Waals surface area contributed by atoms with Gasteiger partial charge in [0.1, 0.15) is 5.78 Å². The molecule has 1 aromatic heterocycles. The van der Waals surface area contributed by atoms with Crippen LogP contribution in [0.4, 0.5) is 0 Å². The average Bonchev–Trinajstić information content (AvgIpc) is 3.30. The van der Waals surface area contributed by atoms with E-state index in [0.717, 1.165) is 35.5 Å². The van der Waals surface area contributed by atoms with Gasteiger partial charge in [0.15, 0.2) is 0 Å². The highest BCUT2D eigenvalue weighted by atomic mass is 32.1. The van der Waals surface area contributed by atoms with E-state index < -0.39 is 41.4 Å². The van der Waals surface area contributed by atoms with Gasteiger partial charge in [-0.3, -0.25) is 19.8 Å². The van der Waals surface area contributed by atoms with E-state index in [4.69, 9.17) is 4.74 Å². The van der Waals surface area contributed by atoms with Crippen molar-refractivity contribution in [3.63, 3.8) is 0 Å². The number of Topliss-reactive ketones (excluding diaryl/α,β-unsaturated/α-hetero) is 1. The predicted octanol–water partition coefficient (Wildman–Crippen LogP) is 3.81. The fourth-order valence-electron chi connectivity index (χ4n) is 5.63. The molecule has 2 aliphatic rings. The number of epoxide rings is 1. The molecule has 2 aliphatic heterocycles. The van der Waals surface area contributed by atoms with Gasteiger partial charge in [0.05, 0.1) is 52.5 Å². The van der Waals surface area contributed by atoms with Crippen LogP contribution in [0, 0.1) is 24.2 Å². The molecule has 3 N–H and O–H groups in total. The van der Waals surface area contributed by atoms with Crippen molar-refractivity contribution >= 4 is 35.0 Å². The van der Waals surface area contributed by atoms with E-state index in [-0.39, 0.29) is 29.8 Å². The lowest BCUT2D eigenvalue weighted by molar-refractivity contribution is -0.150. The zero-order valence-corrected chi connectivity index (χ0v) is 25.3. The highest BCUT2D eigenvalue weighted by Crippen LogP contribution is 2.45. The molecule has 10 heteroatoms. The number of thiazole rings is 1. The number of hydrazine groups is 1. The van der Waals surface area contributed by atoms with E-state index in [2.05, 4.69) is 10.4 Å². The van der Waals surface area contributed by atoms with Crippen LogP contribution in [-0.2, 0) is 19.1 Å². The molecular weight excluding hydrogens is 518 g/mol. The molecule has 0 aliphatic carbocycles. The number of hydrogen-bond donors (Lipinski definition) is 3. The second-order valence-corrected chi connectivity index (χ2v) is 13.3. The number of aliphatic hydroxyl groups is 2. The number of rotatable bonds is 3. The largest absolute Gasteiger partial charge is 0.392 e. The first kappa shape index (κ1) is 31.4. The lowest BCUT2D eigenvalue weighted by Gasteiger charge is -2.37. The van der Waals surface area contributed by atoms with Crippen LogP contribution >= 0.6 is 11.3 Å². The van der Waals surface area contributed by atoms with Gasteiger partial charge in [-0.05, 0) is 51.2 Å². The van der Waals surface area contributed by atoms with Crippen LogP contribution in [0.5, 0.6) is 0 Å². The second kappa shape index (κ2) is 12.2. The third-order valence-corrected chi connectivity index (χ3v) is 9.34. The maximum absolute atomic E-state index is 13.7. The maximum Gasteiger partial charge on any atom is 0.244 e. The minimum absolute atomic E-state index is 0.109. The van der Waals surface area contributed by atoms with Crippen LogP contribution in [0.3, 0.4) is 0 Å². The SMILES string of the molecule is CC(=O)NN1C(=O)C[C@H](O)C(C)(C)C(=O)[C@H](C)[C@@H](O)[C@@H](C)CCC[C@@]2(C)O[C@H]2C[C@H]1/C(C)=C/c1csc(C)n1. The molecule has 39 heavy (non-hydrogen) atoms. The summed E-state index contributed by atoms with van der Waals surface area (Å²) in [6.45, 7) is 14.0. The molecule has 0 unspecified atom stereocenters. The zero-order valence-electron chi connectivity index (χ0n) is 24.5.